The average molecular weight is 423 g/mol. The van der Waals surface area contributed by atoms with Crippen molar-refractivity contribution in [3.05, 3.63) is 65.7 Å². The Labute approximate surface area is 180 Å². The summed E-state index contributed by atoms with van der Waals surface area (Å²) < 4.78 is 30.2. The first-order valence-corrected chi connectivity index (χ1v) is 12.3. The standard InChI is InChI=1S/C26H30O3S/c1-6-30(27,28)20-10-7-18(8-11-20)23-13-14-24(29-23)19-9-12-21-22(17-19)26(4,5)16-15-25(21,2)3/h7-14,17H,6,15-16H2,1-5H3. The SMILES string of the molecule is CCS(=O)(=O)c1ccc(-c2ccc(-c3ccc4c(c3)C(C)(C)CCC4(C)C)o2)cc1. The van der Waals surface area contributed by atoms with E-state index in [-0.39, 0.29) is 16.6 Å². The Kier molecular flexibility index (Phi) is 4.97. The van der Waals surface area contributed by atoms with Crippen LogP contribution in [0, 0.1) is 0 Å². The molecule has 4 heteroatoms. The number of rotatable bonds is 4. The van der Waals surface area contributed by atoms with E-state index in [1.807, 2.05) is 24.3 Å². The van der Waals surface area contributed by atoms with Crippen molar-refractivity contribution in [2.75, 3.05) is 5.75 Å². The molecule has 30 heavy (non-hydrogen) atoms. The van der Waals surface area contributed by atoms with Crippen LogP contribution < -0.4 is 0 Å². The summed E-state index contributed by atoms with van der Waals surface area (Å²) in [6.07, 6.45) is 2.37. The lowest BCUT2D eigenvalue weighted by molar-refractivity contribution is 0.332. The highest BCUT2D eigenvalue weighted by atomic mass is 32.2. The predicted octanol–water partition coefficient (Wildman–Crippen LogP) is 6.76. The van der Waals surface area contributed by atoms with Gasteiger partial charge in [0.2, 0.25) is 0 Å². The second-order valence-electron chi connectivity index (χ2n) is 9.62. The third-order valence-corrected chi connectivity index (χ3v) is 8.37. The molecule has 0 aliphatic heterocycles. The summed E-state index contributed by atoms with van der Waals surface area (Å²) in [5, 5.41) is 0. The Hall–Kier alpha value is -2.33. The number of sulfone groups is 1. The smallest absolute Gasteiger partial charge is 0.178 e. The quantitative estimate of drug-likeness (QED) is 0.467. The minimum atomic E-state index is -3.20. The molecule has 0 atom stereocenters. The van der Waals surface area contributed by atoms with Gasteiger partial charge in [-0.15, -0.1) is 0 Å². The number of benzene rings is 2. The summed E-state index contributed by atoms with van der Waals surface area (Å²) in [6.45, 7) is 11.0. The van der Waals surface area contributed by atoms with Gasteiger partial charge >= 0.3 is 0 Å². The Morgan fingerprint density at radius 3 is 1.90 bits per heavy atom. The molecule has 1 aromatic heterocycles. The van der Waals surface area contributed by atoms with E-state index in [1.165, 1.54) is 24.0 Å². The number of hydrogen-bond donors (Lipinski definition) is 0. The third-order valence-electron chi connectivity index (χ3n) is 6.62. The lowest BCUT2D eigenvalue weighted by Gasteiger charge is -2.42. The van der Waals surface area contributed by atoms with Gasteiger partial charge in [-0.1, -0.05) is 46.8 Å². The highest BCUT2D eigenvalue weighted by Crippen LogP contribution is 2.47. The maximum Gasteiger partial charge on any atom is 0.178 e. The van der Waals surface area contributed by atoms with E-state index in [4.69, 9.17) is 4.42 Å². The maximum absolute atomic E-state index is 12.0. The van der Waals surface area contributed by atoms with Crippen LogP contribution in [0.25, 0.3) is 22.6 Å². The van der Waals surface area contributed by atoms with E-state index in [0.29, 0.717) is 4.90 Å². The summed E-state index contributed by atoms with van der Waals surface area (Å²) in [6, 6.07) is 17.6. The summed E-state index contributed by atoms with van der Waals surface area (Å²) in [5.41, 5.74) is 5.13. The van der Waals surface area contributed by atoms with Gasteiger partial charge in [0.05, 0.1) is 10.6 Å². The Balaban J connectivity index is 1.68. The molecule has 1 aliphatic rings. The van der Waals surface area contributed by atoms with Crippen LogP contribution in [0.3, 0.4) is 0 Å². The lowest BCUT2D eigenvalue weighted by Crippen LogP contribution is -2.33. The molecule has 0 saturated heterocycles. The molecule has 0 radical (unpaired) electrons. The zero-order valence-corrected chi connectivity index (χ0v) is 19.3. The third kappa shape index (κ3) is 3.62. The predicted molar refractivity (Wildman–Crippen MR) is 123 cm³/mol. The van der Waals surface area contributed by atoms with Crippen LogP contribution in [0.5, 0.6) is 0 Å². The first-order valence-electron chi connectivity index (χ1n) is 10.6. The summed E-state index contributed by atoms with van der Waals surface area (Å²) in [4.78, 5) is 0.347. The fraction of sp³-hybridized carbons (Fsp3) is 0.385. The zero-order valence-electron chi connectivity index (χ0n) is 18.5. The molecular formula is C26H30O3S. The molecule has 1 heterocycles. The van der Waals surface area contributed by atoms with Crippen molar-refractivity contribution in [1.29, 1.82) is 0 Å². The van der Waals surface area contributed by atoms with Crippen molar-refractivity contribution in [1.82, 2.24) is 0 Å². The Morgan fingerprint density at radius 2 is 1.30 bits per heavy atom. The van der Waals surface area contributed by atoms with Gasteiger partial charge in [-0.3, -0.25) is 0 Å². The second-order valence-corrected chi connectivity index (χ2v) is 11.9. The van der Waals surface area contributed by atoms with E-state index >= 15 is 0 Å². The second kappa shape index (κ2) is 7.12. The topological polar surface area (TPSA) is 47.3 Å². The van der Waals surface area contributed by atoms with Gasteiger partial charge in [-0.2, -0.15) is 0 Å². The van der Waals surface area contributed by atoms with Crippen LogP contribution in [0.15, 0.2) is 63.9 Å². The molecule has 3 nitrogen and oxygen atoms in total. The van der Waals surface area contributed by atoms with Crippen molar-refractivity contribution in [2.24, 2.45) is 0 Å². The molecule has 0 amide bonds. The van der Waals surface area contributed by atoms with Gasteiger partial charge < -0.3 is 4.42 Å². The highest BCUT2D eigenvalue weighted by Gasteiger charge is 2.37. The average Bonchev–Trinajstić information content (AvgIpc) is 3.22. The molecular weight excluding hydrogens is 392 g/mol. The molecule has 3 aromatic rings. The van der Waals surface area contributed by atoms with Crippen LogP contribution in [-0.2, 0) is 20.7 Å². The van der Waals surface area contributed by atoms with Crippen LogP contribution in [-0.4, -0.2) is 14.2 Å². The first kappa shape index (κ1) is 20.9. The molecule has 0 N–H and O–H groups in total. The number of furan rings is 1. The maximum atomic E-state index is 12.0. The Bertz CT molecular complexity index is 1180. The molecule has 4 rings (SSSR count). The monoisotopic (exact) mass is 422 g/mol. The van der Waals surface area contributed by atoms with Crippen molar-refractivity contribution in [3.63, 3.8) is 0 Å². The minimum Gasteiger partial charge on any atom is -0.456 e. The molecule has 0 fully saturated rings. The van der Waals surface area contributed by atoms with Gasteiger partial charge in [0.25, 0.3) is 0 Å². The normalized spacial score (nSPS) is 17.5. The van der Waals surface area contributed by atoms with E-state index < -0.39 is 9.84 Å². The number of hydrogen-bond acceptors (Lipinski definition) is 3. The van der Waals surface area contributed by atoms with Crippen LogP contribution in [0.1, 0.15) is 58.6 Å². The fourth-order valence-corrected chi connectivity index (χ4v) is 5.27. The van der Waals surface area contributed by atoms with Crippen LogP contribution in [0.2, 0.25) is 0 Å². The summed E-state index contributed by atoms with van der Waals surface area (Å²) >= 11 is 0. The molecule has 0 spiro atoms. The van der Waals surface area contributed by atoms with Crippen LogP contribution >= 0.6 is 0 Å². The molecule has 0 bridgehead atoms. The Morgan fingerprint density at radius 1 is 0.767 bits per heavy atom. The summed E-state index contributed by atoms with van der Waals surface area (Å²) in [7, 11) is -3.20. The van der Waals surface area contributed by atoms with Crippen molar-refractivity contribution in [2.45, 2.75) is 63.2 Å². The van der Waals surface area contributed by atoms with Gasteiger partial charge in [0.15, 0.2) is 9.84 Å². The summed E-state index contributed by atoms with van der Waals surface area (Å²) in [5.74, 6) is 1.67. The zero-order chi connectivity index (χ0) is 21.7. The molecule has 158 valence electrons. The largest absolute Gasteiger partial charge is 0.456 e. The lowest BCUT2D eigenvalue weighted by atomic mass is 9.63. The van der Waals surface area contributed by atoms with E-state index in [0.717, 1.165) is 22.6 Å². The van der Waals surface area contributed by atoms with Gasteiger partial charge in [-0.25, -0.2) is 8.42 Å². The van der Waals surface area contributed by atoms with Crippen molar-refractivity contribution in [3.8, 4) is 22.6 Å². The van der Waals surface area contributed by atoms with E-state index in [2.05, 4.69) is 45.9 Å². The fourth-order valence-electron chi connectivity index (χ4n) is 4.38. The first-order chi connectivity index (χ1) is 14.0. The van der Waals surface area contributed by atoms with Crippen molar-refractivity contribution < 1.29 is 12.8 Å². The van der Waals surface area contributed by atoms with Gasteiger partial charge in [-0.05, 0) is 77.3 Å². The molecule has 2 aromatic carbocycles. The minimum absolute atomic E-state index is 0.0999. The molecule has 1 aliphatic carbocycles. The van der Waals surface area contributed by atoms with E-state index in [9.17, 15) is 8.42 Å². The van der Waals surface area contributed by atoms with Gasteiger partial charge in [0, 0.05) is 11.1 Å². The molecule has 0 saturated carbocycles. The van der Waals surface area contributed by atoms with Gasteiger partial charge in [0.1, 0.15) is 11.5 Å². The number of fused-ring (bicyclic) bond motifs is 1. The van der Waals surface area contributed by atoms with Crippen LogP contribution in [0.4, 0.5) is 0 Å². The molecule has 0 unspecified atom stereocenters. The van der Waals surface area contributed by atoms with Crippen molar-refractivity contribution >= 4 is 9.84 Å². The van der Waals surface area contributed by atoms with E-state index in [1.54, 1.807) is 19.1 Å². The highest BCUT2D eigenvalue weighted by molar-refractivity contribution is 7.91.